The monoisotopic (exact) mass is 329 g/mol. The van der Waals surface area contributed by atoms with Crippen LogP contribution >= 0.6 is 0 Å². The highest BCUT2D eigenvalue weighted by Crippen LogP contribution is 2.15. The third-order valence-corrected chi connectivity index (χ3v) is 3.96. The van der Waals surface area contributed by atoms with Crippen LogP contribution in [0.25, 0.3) is 0 Å². The van der Waals surface area contributed by atoms with Gasteiger partial charge in [0.25, 0.3) is 10.1 Å². The fourth-order valence-electron chi connectivity index (χ4n) is 1.55. The molecule has 0 aliphatic rings. The number of benzene rings is 1. The predicted molar refractivity (Wildman–Crippen MR) is 83.1 cm³/mol. The molecule has 22 heavy (non-hydrogen) atoms. The average molecular weight is 329 g/mol. The molecular formula is C15H23NO5S. The van der Waals surface area contributed by atoms with Crippen molar-refractivity contribution in [2.45, 2.75) is 51.2 Å². The Labute approximate surface area is 131 Å². The molecule has 0 spiro atoms. The van der Waals surface area contributed by atoms with Crippen LogP contribution in [0.2, 0.25) is 0 Å². The third kappa shape index (κ3) is 6.44. The molecule has 1 aromatic carbocycles. The minimum absolute atomic E-state index is 0.0278. The first-order valence-electron chi connectivity index (χ1n) is 6.96. The molecule has 124 valence electrons. The number of ether oxygens (including phenoxy) is 1. The van der Waals surface area contributed by atoms with Gasteiger partial charge in [-0.1, -0.05) is 17.7 Å². The van der Waals surface area contributed by atoms with Crippen molar-refractivity contribution < 1.29 is 22.1 Å². The standard InChI is InChI=1S/C15H23NO5S/c1-11-6-8-13(9-7-11)22(18,19)21-12(2)10-16-14(17)20-15(3,4)5/h6-9,12H,10H2,1-5H3,(H,16,17)/t12-/m1/s1. The lowest BCUT2D eigenvalue weighted by Gasteiger charge is -2.20. The molecule has 1 rings (SSSR count). The van der Waals surface area contributed by atoms with Crippen molar-refractivity contribution in [2.24, 2.45) is 0 Å². The zero-order valence-electron chi connectivity index (χ0n) is 13.5. The molecule has 0 saturated heterocycles. The van der Waals surface area contributed by atoms with Crippen LogP contribution in [0.5, 0.6) is 0 Å². The molecule has 0 aliphatic heterocycles. The molecule has 1 aromatic rings. The van der Waals surface area contributed by atoms with Crippen molar-refractivity contribution >= 4 is 16.2 Å². The summed E-state index contributed by atoms with van der Waals surface area (Å²) in [4.78, 5) is 11.6. The van der Waals surface area contributed by atoms with Crippen molar-refractivity contribution in [1.82, 2.24) is 5.32 Å². The SMILES string of the molecule is Cc1ccc(S(=O)(=O)O[C@H](C)CNC(=O)OC(C)(C)C)cc1. The summed E-state index contributed by atoms with van der Waals surface area (Å²) in [6.07, 6.45) is -1.32. The van der Waals surface area contributed by atoms with Crippen LogP contribution in [0.3, 0.4) is 0 Å². The molecule has 0 bridgehead atoms. The molecule has 6 nitrogen and oxygen atoms in total. The van der Waals surface area contributed by atoms with E-state index in [1.54, 1.807) is 39.8 Å². The largest absolute Gasteiger partial charge is 0.444 e. The fourth-order valence-corrected chi connectivity index (χ4v) is 2.63. The van der Waals surface area contributed by atoms with Crippen LogP contribution < -0.4 is 5.32 Å². The summed E-state index contributed by atoms with van der Waals surface area (Å²) >= 11 is 0. The summed E-state index contributed by atoms with van der Waals surface area (Å²) in [6, 6.07) is 6.36. The molecule has 0 radical (unpaired) electrons. The van der Waals surface area contributed by atoms with Gasteiger partial charge in [0.05, 0.1) is 11.0 Å². The number of carbonyl (C=O) groups is 1. The van der Waals surface area contributed by atoms with Crippen molar-refractivity contribution in [3.63, 3.8) is 0 Å². The summed E-state index contributed by atoms with van der Waals surface area (Å²) in [5.74, 6) is 0. The Morgan fingerprint density at radius 1 is 1.23 bits per heavy atom. The lowest BCUT2D eigenvalue weighted by molar-refractivity contribution is 0.0505. The molecule has 0 unspecified atom stereocenters. The average Bonchev–Trinajstić information content (AvgIpc) is 2.34. The zero-order valence-corrected chi connectivity index (χ0v) is 14.4. The molecule has 0 fully saturated rings. The van der Waals surface area contributed by atoms with Gasteiger partial charge in [0.2, 0.25) is 0 Å². The Hall–Kier alpha value is -1.60. The van der Waals surface area contributed by atoms with E-state index in [9.17, 15) is 13.2 Å². The first-order valence-corrected chi connectivity index (χ1v) is 8.37. The molecule has 0 saturated carbocycles. The van der Waals surface area contributed by atoms with Crippen LogP contribution in [-0.2, 0) is 19.0 Å². The minimum Gasteiger partial charge on any atom is -0.444 e. The lowest BCUT2D eigenvalue weighted by atomic mass is 10.2. The highest BCUT2D eigenvalue weighted by atomic mass is 32.2. The van der Waals surface area contributed by atoms with Gasteiger partial charge in [-0.2, -0.15) is 8.42 Å². The van der Waals surface area contributed by atoms with Crippen LogP contribution in [0.4, 0.5) is 4.79 Å². The number of alkyl carbamates (subject to hydrolysis) is 1. The normalized spacial score (nSPS) is 13.5. The third-order valence-electron chi connectivity index (χ3n) is 2.53. The first kappa shape index (κ1) is 18.4. The number of hydrogen-bond acceptors (Lipinski definition) is 5. The molecule has 0 aromatic heterocycles. The maximum Gasteiger partial charge on any atom is 0.407 e. The second-order valence-electron chi connectivity index (χ2n) is 6.06. The van der Waals surface area contributed by atoms with E-state index in [0.717, 1.165) is 5.56 Å². The minimum atomic E-state index is -3.85. The van der Waals surface area contributed by atoms with E-state index >= 15 is 0 Å². The molecule has 7 heteroatoms. The summed E-state index contributed by atoms with van der Waals surface area (Å²) in [5.41, 5.74) is 0.348. The molecule has 0 heterocycles. The van der Waals surface area contributed by atoms with E-state index in [0.29, 0.717) is 0 Å². The van der Waals surface area contributed by atoms with E-state index in [4.69, 9.17) is 8.92 Å². The Morgan fingerprint density at radius 2 is 1.77 bits per heavy atom. The van der Waals surface area contributed by atoms with Crippen molar-refractivity contribution in [3.05, 3.63) is 29.8 Å². The van der Waals surface area contributed by atoms with E-state index in [-0.39, 0.29) is 11.4 Å². The van der Waals surface area contributed by atoms with Crippen LogP contribution in [-0.4, -0.2) is 32.8 Å². The van der Waals surface area contributed by atoms with Gasteiger partial charge in [-0.15, -0.1) is 0 Å². The summed E-state index contributed by atoms with van der Waals surface area (Å²) in [7, 11) is -3.85. The number of nitrogens with one attached hydrogen (secondary N) is 1. The number of hydrogen-bond donors (Lipinski definition) is 1. The number of amides is 1. The van der Waals surface area contributed by atoms with Gasteiger partial charge in [-0.25, -0.2) is 4.79 Å². The van der Waals surface area contributed by atoms with Crippen molar-refractivity contribution in [1.29, 1.82) is 0 Å². The number of carbonyl (C=O) groups excluding carboxylic acids is 1. The van der Waals surface area contributed by atoms with Crippen LogP contribution in [0, 0.1) is 6.92 Å². The summed E-state index contributed by atoms with van der Waals surface area (Å²) < 4.78 is 34.2. The molecule has 1 atom stereocenters. The van der Waals surface area contributed by atoms with Gasteiger partial charge >= 0.3 is 6.09 Å². The molecule has 0 aliphatic carbocycles. The summed E-state index contributed by atoms with van der Waals surface area (Å²) in [6.45, 7) is 8.69. The fraction of sp³-hybridized carbons (Fsp3) is 0.533. The van der Waals surface area contributed by atoms with Gasteiger partial charge in [0.15, 0.2) is 0 Å². The van der Waals surface area contributed by atoms with Gasteiger partial charge in [-0.05, 0) is 46.8 Å². The Morgan fingerprint density at radius 3 is 2.27 bits per heavy atom. The Balaban J connectivity index is 2.55. The van der Waals surface area contributed by atoms with E-state index in [1.807, 2.05) is 6.92 Å². The highest BCUT2D eigenvalue weighted by molar-refractivity contribution is 7.86. The lowest BCUT2D eigenvalue weighted by Crippen LogP contribution is -2.37. The predicted octanol–water partition coefficient (Wildman–Crippen LogP) is 2.61. The second kappa shape index (κ2) is 7.11. The van der Waals surface area contributed by atoms with E-state index in [1.165, 1.54) is 12.1 Å². The van der Waals surface area contributed by atoms with Crippen LogP contribution in [0.15, 0.2) is 29.2 Å². The molecular weight excluding hydrogens is 306 g/mol. The number of aryl methyl sites for hydroxylation is 1. The quantitative estimate of drug-likeness (QED) is 0.840. The first-order chi connectivity index (χ1) is 9.99. The number of rotatable bonds is 5. The Kier molecular flexibility index (Phi) is 5.96. The van der Waals surface area contributed by atoms with E-state index < -0.39 is 27.9 Å². The second-order valence-corrected chi connectivity index (χ2v) is 7.63. The molecule has 1 amide bonds. The van der Waals surface area contributed by atoms with E-state index in [2.05, 4.69) is 5.32 Å². The smallest absolute Gasteiger partial charge is 0.407 e. The van der Waals surface area contributed by atoms with Crippen molar-refractivity contribution in [3.8, 4) is 0 Å². The zero-order chi connectivity index (χ0) is 17.0. The maximum absolute atomic E-state index is 12.1. The maximum atomic E-state index is 12.1. The summed E-state index contributed by atoms with van der Waals surface area (Å²) in [5, 5.41) is 2.47. The van der Waals surface area contributed by atoms with Gasteiger partial charge in [0.1, 0.15) is 5.60 Å². The van der Waals surface area contributed by atoms with Crippen LogP contribution in [0.1, 0.15) is 33.3 Å². The van der Waals surface area contributed by atoms with Crippen molar-refractivity contribution in [2.75, 3.05) is 6.54 Å². The van der Waals surface area contributed by atoms with Gasteiger partial charge < -0.3 is 10.1 Å². The Bertz CT molecular complexity index is 602. The van der Waals surface area contributed by atoms with Gasteiger partial charge in [0, 0.05) is 6.54 Å². The molecule has 1 N–H and O–H groups in total. The van der Waals surface area contributed by atoms with Gasteiger partial charge in [-0.3, -0.25) is 4.18 Å². The topological polar surface area (TPSA) is 81.7 Å². The highest BCUT2D eigenvalue weighted by Gasteiger charge is 2.21.